The highest BCUT2D eigenvalue weighted by Gasteiger charge is 2.30. The van der Waals surface area contributed by atoms with Crippen LogP contribution in [-0.2, 0) is 14.3 Å². The van der Waals surface area contributed by atoms with Crippen molar-refractivity contribution >= 4 is 17.9 Å². The summed E-state index contributed by atoms with van der Waals surface area (Å²) in [5.41, 5.74) is 2.26. The zero-order valence-electron chi connectivity index (χ0n) is 19.4. The Bertz CT molecular complexity index is 740. The molecule has 7 nitrogen and oxygen atoms in total. The Morgan fingerprint density at radius 3 is 2.27 bits per heavy atom. The van der Waals surface area contributed by atoms with E-state index in [2.05, 4.69) is 17.6 Å². The fourth-order valence-corrected chi connectivity index (χ4v) is 2.96. The van der Waals surface area contributed by atoms with Crippen molar-refractivity contribution in [3.63, 3.8) is 0 Å². The minimum absolute atomic E-state index is 0.223. The van der Waals surface area contributed by atoms with Crippen LogP contribution in [0.5, 0.6) is 0 Å². The van der Waals surface area contributed by atoms with Gasteiger partial charge in [0.15, 0.2) is 0 Å². The summed E-state index contributed by atoms with van der Waals surface area (Å²) in [5, 5.41) is 5.42. The fourth-order valence-electron chi connectivity index (χ4n) is 2.96. The van der Waals surface area contributed by atoms with Crippen molar-refractivity contribution in [1.82, 2.24) is 15.5 Å². The van der Waals surface area contributed by atoms with Gasteiger partial charge in [-0.2, -0.15) is 0 Å². The van der Waals surface area contributed by atoms with Crippen molar-refractivity contribution in [3.05, 3.63) is 34.9 Å². The summed E-state index contributed by atoms with van der Waals surface area (Å²) in [6.07, 6.45) is 1.17. The van der Waals surface area contributed by atoms with Crippen molar-refractivity contribution in [3.8, 4) is 0 Å². The molecular weight excluding hydrogens is 382 g/mol. The maximum atomic E-state index is 13.0. The van der Waals surface area contributed by atoms with Gasteiger partial charge >= 0.3 is 6.09 Å². The Kier molecular flexibility index (Phi) is 9.82. The number of nitrogens with one attached hydrogen (secondary N) is 2. The largest absolute Gasteiger partial charge is 0.444 e. The third-order valence-corrected chi connectivity index (χ3v) is 4.68. The molecule has 3 amide bonds. The number of rotatable bonds is 9. The summed E-state index contributed by atoms with van der Waals surface area (Å²) in [6, 6.07) is 5.01. The Balaban J connectivity index is 3.05. The Morgan fingerprint density at radius 2 is 1.73 bits per heavy atom. The summed E-state index contributed by atoms with van der Waals surface area (Å²) in [5.74, 6) is -0.573. The number of hydrogen-bond acceptors (Lipinski definition) is 4. The molecule has 1 unspecified atom stereocenters. The highest BCUT2D eigenvalue weighted by Crippen LogP contribution is 2.24. The molecule has 0 bridgehead atoms. The number of hydrogen-bond donors (Lipinski definition) is 2. The smallest absolute Gasteiger partial charge is 0.408 e. The number of amides is 3. The van der Waals surface area contributed by atoms with Crippen molar-refractivity contribution in [2.45, 2.75) is 73.0 Å². The first-order valence-corrected chi connectivity index (χ1v) is 10.6. The van der Waals surface area contributed by atoms with Crippen LogP contribution in [-0.4, -0.2) is 48.0 Å². The first kappa shape index (κ1) is 25.5. The average Bonchev–Trinajstić information content (AvgIpc) is 2.65. The van der Waals surface area contributed by atoms with Crippen LogP contribution in [0.2, 0.25) is 0 Å². The second kappa shape index (κ2) is 11.6. The summed E-state index contributed by atoms with van der Waals surface area (Å²) >= 11 is 0. The monoisotopic (exact) mass is 419 g/mol. The van der Waals surface area contributed by atoms with Crippen LogP contribution >= 0.6 is 0 Å². The zero-order chi connectivity index (χ0) is 22.9. The molecule has 0 spiro atoms. The van der Waals surface area contributed by atoms with E-state index in [9.17, 15) is 14.4 Å². The van der Waals surface area contributed by atoms with E-state index in [4.69, 9.17) is 4.74 Å². The van der Waals surface area contributed by atoms with Crippen LogP contribution in [0.4, 0.5) is 4.79 Å². The maximum Gasteiger partial charge on any atom is 0.408 e. The van der Waals surface area contributed by atoms with Gasteiger partial charge in [-0.05, 0) is 64.7 Å². The number of nitrogens with zero attached hydrogens (tertiary/aromatic N) is 1. The van der Waals surface area contributed by atoms with Gasteiger partial charge in [-0.15, -0.1) is 0 Å². The van der Waals surface area contributed by atoms with Gasteiger partial charge in [0.25, 0.3) is 0 Å². The summed E-state index contributed by atoms with van der Waals surface area (Å²) in [4.78, 5) is 39.4. The van der Waals surface area contributed by atoms with E-state index in [0.29, 0.717) is 13.1 Å². The van der Waals surface area contributed by atoms with Crippen LogP contribution in [0.15, 0.2) is 18.2 Å². The minimum atomic E-state index is -0.765. The molecule has 2 N–H and O–H groups in total. The Labute approximate surface area is 180 Å². The molecule has 1 rings (SSSR count). The van der Waals surface area contributed by atoms with Crippen LogP contribution in [0, 0.1) is 13.8 Å². The van der Waals surface area contributed by atoms with Crippen LogP contribution in [0.25, 0.3) is 0 Å². The first-order valence-electron chi connectivity index (χ1n) is 10.6. The van der Waals surface area contributed by atoms with Crippen LogP contribution < -0.4 is 10.6 Å². The number of aryl methyl sites for hydroxylation is 2. The van der Waals surface area contributed by atoms with E-state index in [1.165, 1.54) is 4.90 Å². The van der Waals surface area contributed by atoms with Gasteiger partial charge in [0.05, 0.1) is 0 Å². The zero-order valence-corrected chi connectivity index (χ0v) is 19.4. The van der Waals surface area contributed by atoms with E-state index >= 15 is 0 Å². The number of unbranched alkanes of at least 4 members (excludes halogenated alkanes) is 1. The summed E-state index contributed by atoms with van der Waals surface area (Å²) in [6.45, 7) is 13.7. The maximum absolute atomic E-state index is 13.0. The number of carbonyl (C=O) groups excluding carboxylic acids is 3. The molecule has 168 valence electrons. The summed E-state index contributed by atoms with van der Waals surface area (Å²) in [7, 11) is 0. The van der Waals surface area contributed by atoms with E-state index in [-0.39, 0.29) is 18.4 Å². The van der Waals surface area contributed by atoms with E-state index in [1.54, 1.807) is 20.8 Å². The third-order valence-electron chi connectivity index (χ3n) is 4.68. The van der Waals surface area contributed by atoms with Gasteiger partial charge < -0.3 is 20.3 Å². The number of alkyl carbamates (subject to hydrolysis) is 1. The molecule has 0 fully saturated rings. The highest BCUT2D eigenvalue weighted by atomic mass is 16.6. The lowest BCUT2D eigenvalue weighted by Crippen LogP contribution is -2.47. The van der Waals surface area contributed by atoms with Crippen LogP contribution in [0.1, 0.15) is 70.2 Å². The molecular formula is C23H37N3O4. The van der Waals surface area contributed by atoms with Crippen molar-refractivity contribution < 1.29 is 19.1 Å². The van der Waals surface area contributed by atoms with E-state index in [1.807, 2.05) is 39.0 Å². The molecule has 0 saturated heterocycles. The predicted molar refractivity (Wildman–Crippen MR) is 118 cm³/mol. The lowest BCUT2D eigenvalue weighted by atomic mass is 9.99. The molecule has 0 aliphatic carbocycles. The second-order valence-corrected chi connectivity index (χ2v) is 8.43. The third kappa shape index (κ3) is 8.05. The van der Waals surface area contributed by atoms with Gasteiger partial charge in [-0.3, -0.25) is 9.59 Å². The normalized spacial score (nSPS) is 12.1. The van der Waals surface area contributed by atoms with E-state index < -0.39 is 17.7 Å². The van der Waals surface area contributed by atoms with Crippen LogP contribution in [0.3, 0.4) is 0 Å². The molecule has 1 atom stereocenters. The number of carbonyl (C=O) groups is 3. The van der Waals surface area contributed by atoms with Crippen molar-refractivity contribution in [2.75, 3.05) is 19.6 Å². The molecule has 30 heavy (non-hydrogen) atoms. The molecule has 0 heterocycles. The highest BCUT2D eigenvalue weighted by molar-refractivity contribution is 5.90. The molecule has 0 radical (unpaired) electrons. The lowest BCUT2D eigenvalue weighted by Gasteiger charge is -2.31. The molecule has 0 aliphatic heterocycles. The number of likely N-dealkylation sites (N-methyl/N-ethyl adjacent to an activating group) is 1. The molecule has 0 aliphatic rings. The summed E-state index contributed by atoms with van der Waals surface area (Å²) < 4.78 is 5.19. The van der Waals surface area contributed by atoms with Gasteiger partial charge in [0, 0.05) is 13.1 Å². The fraction of sp³-hybridized carbons (Fsp3) is 0.609. The van der Waals surface area contributed by atoms with Gasteiger partial charge in [-0.25, -0.2) is 4.79 Å². The topological polar surface area (TPSA) is 87.7 Å². The van der Waals surface area contributed by atoms with Crippen molar-refractivity contribution in [2.24, 2.45) is 0 Å². The molecule has 1 aromatic rings. The lowest BCUT2D eigenvalue weighted by molar-refractivity contribution is -0.140. The molecule has 7 heteroatoms. The molecule has 0 aromatic heterocycles. The Hall–Kier alpha value is -2.57. The number of ether oxygens (including phenoxy) is 1. The second-order valence-electron chi connectivity index (χ2n) is 8.43. The van der Waals surface area contributed by atoms with Crippen molar-refractivity contribution in [1.29, 1.82) is 0 Å². The van der Waals surface area contributed by atoms with Gasteiger partial charge in [-0.1, -0.05) is 31.5 Å². The van der Waals surface area contributed by atoms with Gasteiger partial charge in [0.1, 0.15) is 18.2 Å². The number of benzene rings is 1. The van der Waals surface area contributed by atoms with E-state index in [0.717, 1.165) is 29.5 Å². The molecule has 0 saturated carbocycles. The predicted octanol–water partition coefficient (Wildman–Crippen LogP) is 3.63. The quantitative estimate of drug-likeness (QED) is 0.598. The minimum Gasteiger partial charge on any atom is -0.444 e. The first-order chi connectivity index (χ1) is 14.0. The Morgan fingerprint density at radius 1 is 1.07 bits per heavy atom. The SMILES string of the molecule is CCCCNC(=O)C(c1ccc(C)c(C)c1)N(CC)C(=O)CNC(=O)OC(C)(C)C. The van der Waals surface area contributed by atoms with Gasteiger partial charge in [0.2, 0.25) is 11.8 Å². The standard InChI is InChI=1S/C23H37N3O4/c1-8-10-13-24-21(28)20(18-12-11-16(3)17(4)14-18)26(9-2)19(27)15-25-22(29)30-23(5,6)7/h11-12,14,20H,8-10,13,15H2,1-7H3,(H,24,28)(H,25,29). The molecule has 1 aromatic carbocycles. The average molecular weight is 420 g/mol.